The summed E-state index contributed by atoms with van der Waals surface area (Å²) in [5.41, 5.74) is -0.886. The monoisotopic (exact) mass is 352 g/mol. The average molecular weight is 352 g/mol. The molecular formula is C17H20O8. The Morgan fingerprint density at radius 3 is 2.48 bits per heavy atom. The Balaban J connectivity index is 2.06. The topological polar surface area (TPSA) is 145 Å². The lowest BCUT2D eigenvalue weighted by atomic mass is 9.72. The van der Waals surface area contributed by atoms with Gasteiger partial charge in [-0.15, -0.1) is 0 Å². The first-order valence-corrected chi connectivity index (χ1v) is 7.62. The number of aliphatic hydroxyl groups excluding tert-OH is 2. The molecule has 25 heavy (non-hydrogen) atoms. The summed E-state index contributed by atoms with van der Waals surface area (Å²) in [7, 11) is 0. The molecule has 1 aromatic rings. The molecule has 4 unspecified atom stereocenters. The van der Waals surface area contributed by atoms with E-state index in [4.69, 9.17) is 4.74 Å². The Labute approximate surface area is 143 Å². The van der Waals surface area contributed by atoms with Crippen LogP contribution < -0.4 is 0 Å². The number of phenols is 2. The third-order valence-corrected chi connectivity index (χ3v) is 4.28. The first-order chi connectivity index (χ1) is 11.6. The van der Waals surface area contributed by atoms with Crippen LogP contribution in [0.3, 0.4) is 0 Å². The number of hydrogen-bond acceptors (Lipinski definition) is 7. The fourth-order valence-corrected chi connectivity index (χ4v) is 2.76. The summed E-state index contributed by atoms with van der Waals surface area (Å²) >= 11 is 0. The first-order valence-electron chi connectivity index (χ1n) is 7.62. The predicted molar refractivity (Wildman–Crippen MR) is 85.7 cm³/mol. The summed E-state index contributed by atoms with van der Waals surface area (Å²) in [6.07, 6.45) is -1.75. The molecule has 0 radical (unpaired) electrons. The number of rotatable bonds is 4. The molecule has 0 bridgehead atoms. The van der Waals surface area contributed by atoms with Gasteiger partial charge in [0, 0.05) is 12.5 Å². The molecule has 0 aromatic heterocycles. The van der Waals surface area contributed by atoms with E-state index in [1.165, 1.54) is 31.2 Å². The SMILES string of the molecule is CC1(C(=O)O)CC(O)C(O)C(OC(=O)/C=C/c2ccc(O)c(O)c2)C1. The van der Waals surface area contributed by atoms with Gasteiger partial charge >= 0.3 is 11.9 Å². The molecule has 0 saturated heterocycles. The number of esters is 1. The summed E-state index contributed by atoms with van der Waals surface area (Å²) in [5.74, 6) is -2.63. The van der Waals surface area contributed by atoms with Gasteiger partial charge in [0.05, 0.1) is 11.5 Å². The van der Waals surface area contributed by atoms with Gasteiger partial charge in [-0.3, -0.25) is 4.79 Å². The number of carbonyl (C=O) groups excluding carboxylic acids is 1. The van der Waals surface area contributed by atoms with Gasteiger partial charge in [0.2, 0.25) is 0 Å². The Morgan fingerprint density at radius 1 is 1.20 bits per heavy atom. The van der Waals surface area contributed by atoms with Crippen molar-refractivity contribution in [2.75, 3.05) is 0 Å². The van der Waals surface area contributed by atoms with Crippen LogP contribution in [0.25, 0.3) is 6.08 Å². The maximum Gasteiger partial charge on any atom is 0.331 e. The number of ether oxygens (including phenoxy) is 1. The molecule has 1 saturated carbocycles. The van der Waals surface area contributed by atoms with Crippen molar-refractivity contribution in [3.63, 3.8) is 0 Å². The zero-order chi connectivity index (χ0) is 18.8. The second-order valence-corrected chi connectivity index (χ2v) is 6.39. The number of aliphatic hydroxyl groups is 2. The largest absolute Gasteiger partial charge is 0.504 e. The summed E-state index contributed by atoms with van der Waals surface area (Å²) in [6.45, 7) is 1.42. The molecule has 5 N–H and O–H groups in total. The van der Waals surface area contributed by atoms with Crippen molar-refractivity contribution in [1.29, 1.82) is 0 Å². The third-order valence-electron chi connectivity index (χ3n) is 4.28. The zero-order valence-corrected chi connectivity index (χ0v) is 13.5. The summed E-state index contributed by atoms with van der Waals surface area (Å²) in [5, 5.41) is 47.6. The van der Waals surface area contributed by atoms with Crippen molar-refractivity contribution in [3.8, 4) is 11.5 Å². The van der Waals surface area contributed by atoms with Crippen LogP contribution in [0.2, 0.25) is 0 Å². The number of carboxylic acid groups (broad SMARTS) is 1. The van der Waals surface area contributed by atoms with Gasteiger partial charge in [0.25, 0.3) is 0 Å². The molecule has 0 heterocycles. The molecule has 1 aliphatic rings. The van der Waals surface area contributed by atoms with Crippen molar-refractivity contribution in [3.05, 3.63) is 29.8 Å². The quantitative estimate of drug-likeness (QED) is 0.301. The lowest BCUT2D eigenvalue weighted by Crippen LogP contribution is -2.52. The van der Waals surface area contributed by atoms with E-state index >= 15 is 0 Å². The van der Waals surface area contributed by atoms with Crippen LogP contribution in [-0.2, 0) is 14.3 Å². The lowest BCUT2D eigenvalue weighted by Gasteiger charge is -2.40. The highest BCUT2D eigenvalue weighted by Gasteiger charge is 2.48. The van der Waals surface area contributed by atoms with E-state index in [9.17, 15) is 35.1 Å². The van der Waals surface area contributed by atoms with Crippen molar-refractivity contribution in [1.82, 2.24) is 0 Å². The van der Waals surface area contributed by atoms with E-state index in [-0.39, 0.29) is 24.3 Å². The highest BCUT2D eigenvalue weighted by atomic mass is 16.6. The molecule has 0 aliphatic heterocycles. The Morgan fingerprint density at radius 2 is 1.88 bits per heavy atom. The number of carboxylic acids is 1. The average Bonchev–Trinajstić information content (AvgIpc) is 2.53. The number of phenolic OH excluding ortho intramolecular Hbond substituents is 2. The number of aliphatic carboxylic acids is 1. The van der Waals surface area contributed by atoms with E-state index in [0.29, 0.717) is 5.56 Å². The summed E-state index contributed by atoms with van der Waals surface area (Å²) in [4.78, 5) is 23.2. The van der Waals surface area contributed by atoms with Gasteiger partial charge in [0.1, 0.15) is 12.2 Å². The van der Waals surface area contributed by atoms with Gasteiger partial charge in [-0.2, -0.15) is 0 Å². The Bertz CT molecular complexity index is 698. The number of carbonyl (C=O) groups is 2. The van der Waals surface area contributed by atoms with Crippen molar-refractivity contribution in [2.45, 2.75) is 38.1 Å². The fourth-order valence-electron chi connectivity index (χ4n) is 2.76. The standard InChI is InChI=1S/C17H20O8/c1-17(16(23)24)7-12(20)15(22)13(8-17)25-14(21)5-3-9-2-4-10(18)11(19)6-9/h2-6,12-13,15,18-20,22H,7-8H2,1H3,(H,23,24)/b5-3+. The van der Waals surface area contributed by atoms with Crippen molar-refractivity contribution < 1.29 is 39.9 Å². The second-order valence-electron chi connectivity index (χ2n) is 6.39. The molecule has 2 rings (SSSR count). The zero-order valence-electron chi connectivity index (χ0n) is 13.5. The van der Waals surface area contributed by atoms with E-state index in [0.717, 1.165) is 6.08 Å². The minimum Gasteiger partial charge on any atom is -0.504 e. The van der Waals surface area contributed by atoms with E-state index in [1.54, 1.807) is 0 Å². The maximum absolute atomic E-state index is 11.9. The minimum absolute atomic E-state index is 0.125. The third kappa shape index (κ3) is 4.28. The predicted octanol–water partition coefficient (Wildman–Crippen LogP) is 0.629. The van der Waals surface area contributed by atoms with E-state index in [2.05, 4.69) is 0 Å². The van der Waals surface area contributed by atoms with Crippen LogP contribution in [0.4, 0.5) is 0 Å². The molecule has 0 spiro atoms. The molecule has 8 heteroatoms. The number of aromatic hydroxyl groups is 2. The highest BCUT2D eigenvalue weighted by Crippen LogP contribution is 2.38. The van der Waals surface area contributed by atoms with Gasteiger partial charge < -0.3 is 30.3 Å². The Kier molecular flexibility index (Phi) is 5.34. The summed E-state index contributed by atoms with van der Waals surface area (Å²) < 4.78 is 5.08. The van der Waals surface area contributed by atoms with Gasteiger partial charge in [0.15, 0.2) is 11.5 Å². The van der Waals surface area contributed by atoms with Gasteiger partial charge in [-0.25, -0.2) is 4.79 Å². The molecule has 1 fully saturated rings. The first kappa shape index (κ1) is 18.8. The highest BCUT2D eigenvalue weighted by molar-refractivity contribution is 5.87. The van der Waals surface area contributed by atoms with Crippen LogP contribution in [-0.4, -0.2) is 55.8 Å². The number of hydrogen-bond donors (Lipinski definition) is 5. The molecule has 4 atom stereocenters. The van der Waals surface area contributed by atoms with Crippen LogP contribution in [0.5, 0.6) is 11.5 Å². The normalized spacial score (nSPS) is 29.5. The van der Waals surface area contributed by atoms with E-state index in [1.807, 2.05) is 0 Å². The van der Waals surface area contributed by atoms with Gasteiger partial charge in [-0.1, -0.05) is 6.07 Å². The van der Waals surface area contributed by atoms with Crippen LogP contribution >= 0.6 is 0 Å². The van der Waals surface area contributed by atoms with Crippen LogP contribution in [0.1, 0.15) is 25.3 Å². The minimum atomic E-state index is -1.37. The molecule has 1 aromatic carbocycles. The molecule has 8 nitrogen and oxygen atoms in total. The maximum atomic E-state index is 11.9. The van der Waals surface area contributed by atoms with Crippen LogP contribution in [0.15, 0.2) is 24.3 Å². The smallest absolute Gasteiger partial charge is 0.331 e. The Hall–Kier alpha value is -2.58. The van der Waals surface area contributed by atoms with Crippen molar-refractivity contribution >= 4 is 18.0 Å². The fraction of sp³-hybridized carbons (Fsp3) is 0.412. The molecular weight excluding hydrogens is 332 g/mol. The van der Waals surface area contributed by atoms with Crippen molar-refractivity contribution in [2.24, 2.45) is 5.41 Å². The molecule has 1 aliphatic carbocycles. The summed E-state index contributed by atoms with van der Waals surface area (Å²) in [6, 6.07) is 3.94. The second kappa shape index (κ2) is 7.12. The number of benzene rings is 1. The van der Waals surface area contributed by atoms with Crippen LogP contribution in [0, 0.1) is 5.41 Å². The van der Waals surface area contributed by atoms with E-state index < -0.39 is 35.7 Å². The van der Waals surface area contributed by atoms with Gasteiger partial charge in [-0.05, 0) is 37.1 Å². The molecule has 0 amide bonds. The molecule has 136 valence electrons. The lowest BCUT2D eigenvalue weighted by molar-refractivity contribution is -0.180.